The van der Waals surface area contributed by atoms with Crippen LogP contribution in [0.4, 0.5) is 5.69 Å². The molecule has 0 radical (unpaired) electrons. The third-order valence-electron chi connectivity index (χ3n) is 5.02. The number of hydrogen-bond acceptors (Lipinski definition) is 3. The molecule has 1 unspecified atom stereocenters. The third kappa shape index (κ3) is 4.66. The molecule has 0 spiro atoms. The number of amides is 2. The van der Waals surface area contributed by atoms with Crippen LogP contribution in [-0.4, -0.2) is 39.1 Å². The van der Waals surface area contributed by atoms with Crippen LogP contribution in [-0.2, 0) is 11.3 Å². The van der Waals surface area contributed by atoms with Gasteiger partial charge in [0, 0.05) is 40.2 Å². The van der Waals surface area contributed by atoms with Crippen LogP contribution in [0.2, 0.25) is 10.0 Å². The Kier molecular flexibility index (Phi) is 6.06. The Balaban J connectivity index is 1.47. The number of nitrogens with one attached hydrogen (secondary N) is 1. The number of halogens is 2. The van der Waals surface area contributed by atoms with Gasteiger partial charge in [-0.1, -0.05) is 35.3 Å². The van der Waals surface area contributed by atoms with E-state index in [1.807, 2.05) is 41.2 Å². The number of nitrogens with zero attached hydrogens (tertiary/aromatic N) is 3. The topological polar surface area (TPSA) is 67.2 Å². The predicted molar refractivity (Wildman–Crippen MR) is 117 cm³/mol. The second kappa shape index (κ2) is 8.90. The zero-order chi connectivity index (χ0) is 21.1. The van der Waals surface area contributed by atoms with Gasteiger partial charge in [-0.3, -0.25) is 14.3 Å². The van der Waals surface area contributed by atoms with Crippen molar-refractivity contribution in [3.05, 3.63) is 82.1 Å². The average molecular weight is 443 g/mol. The molecule has 6 nitrogen and oxygen atoms in total. The summed E-state index contributed by atoms with van der Waals surface area (Å²) < 4.78 is 1.81. The molecule has 8 heteroatoms. The second-order valence-electron chi connectivity index (χ2n) is 7.21. The maximum atomic E-state index is 13.0. The summed E-state index contributed by atoms with van der Waals surface area (Å²) in [5.41, 5.74) is 2.09. The molecule has 0 bridgehead atoms. The van der Waals surface area contributed by atoms with Gasteiger partial charge in [-0.15, -0.1) is 0 Å². The van der Waals surface area contributed by atoms with Crippen molar-refractivity contribution < 1.29 is 9.59 Å². The molecule has 1 atom stereocenters. The van der Waals surface area contributed by atoms with E-state index in [9.17, 15) is 9.59 Å². The van der Waals surface area contributed by atoms with Crippen LogP contribution in [0.25, 0.3) is 0 Å². The van der Waals surface area contributed by atoms with Crippen LogP contribution in [0.5, 0.6) is 0 Å². The minimum atomic E-state index is -0.537. The predicted octanol–water partition coefficient (Wildman–Crippen LogP) is 4.48. The van der Waals surface area contributed by atoms with E-state index in [-0.39, 0.29) is 11.8 Å². The normalized spacial score (nSPS) is 15.9. The van der Waals surface area contributed by atoms with Crippen LogP contribution in [0.1, 0.15) is 28.8 Å². The van der Waals surface area contributed by atoms with Gasteiger partial charge >= 0.3 is 0 Å². The van der Waals surface area contributed by atoms with E-state index in [4.69, 9.17) is 23.2 Å². The lowest BCUT2D eigenvalue weighted by atomic mass is 10.1. The Morgan fingerprint density at radius 1 is 1.10 bits per heavy atom. The lowest BCUT2D eigenvalue weighted by molar-refractivity contribution is -0.119. The molecular formula is C22H20Cl2N4O2. The summed E-state index contributed by atoms with van der Waals surface area (Å²) in [4.78, 5) is 27.5. The third-order valence-corrected chi connectivity index (χ3v) is 5.46. The van der Waals surface area contributed by atoms with Gasteiger partial charge in [-0.2, -0.15) is 5.10 Å². The Hall–Kier alpha value is -2.83. The lowest BCUT2D eigenvalue weighted by Crippen LogP contribution is -2.43. The number of aromatic nitrogens is 2. The summed E-state index contributed by atoms with van der Waals surface area (Å²) in [7, 11) is 0. The first-order valence-electron chi connectivity index (χ1n) is 9.64. The summed E-state index contributed by atoms with van der Waals surface area (Å²) in [6.07, 6.45) is 4.98. The maximum Gasteiger partial charge on any atom is 0.254 e. The summed E-state index contributed by atoms with van der Waals surface area (Å²) >= 11 is 12.1. The highest BCUT2D eigenvalue weighted by atomic mass is 35.5. The van der Waals surface area contributed by atoms with Gasteiger partial charge in [-0.05, 0) is 54.8 Å². The van der Waals surface area contributed by atoms with Gasteiger partial charge in [0.25, 0.3) is 5.91 Å². The summed E-state index contributed by atoms with van der Waals surface area (Å²) in [6.45, 7) is 1.13. The first-order valence-corrected chi connectivity index (χ1v) is 10.4. The standard InChI is InChI=1S/C22H20Cl2N4O2/c23-17-11-16(12-18(24)13-17)22(30)28-9-2-6-20(28)21(29)26-19-5-1-4-15(10-19)14-27-8-3-7-25-27/h1,3-5,7-8,10-13,20H,2,6,9,14H2,(H,26,29). The SMILES string of the molecule is O=C(Nc1cccc(Cn2cccn2)c1)C1CCCN1C(=O)c1cc(Cl)cc(Cl)c1. The van der Waals surface area contributed by atoms with Crippen molar-refractivity contribution >= 4 is 40.7 Å². The molecule has 0 aliphatic carbocycles. The molecule has 2 amide bonds. The Morgan fingerprint density at radius 2 is 1.90 bits per heavy atom. The summed E-state index contributed by atoms with van der Waals surface area (Å²) in [5.74, 6) is -0.449. The van der Waals surface area contributed by atoms with E-state index < -0.39 is 6.04 Å². The van der Waals surface area contributed by atoms with Gasteiger partial charge in [0.1, 0.15) is 6.04 Å². The van der Waals surface area contributed by atoms with Crippen molar-refractivity contribution in [2.24, 2.45) is 0 Å². The van der Waals surface area contributed by atoms with Crippen LogP contribution < -0.4 is 5.32 Å². The van der Waals surface area contributed by atoms with Crippen LogP contribution in [0, 0.1) is 0 Å². The maximum absolute atomic E-state index is 13.0. The number of rotatable bonds is 5. The minimum Gasteiger partial charge on any atom is -0.327 e. The molecule has 1 aromatic heterocycles. The number of likely N-dealkylation sites (tertiary alicyclic amines) is 1. The monoisotopic (exact) mass is 442 g/mol. The van der Waals surface area contributed by atoms with Gasteiger partial charge < -0.3 is 10.2 Å². The molecule has 4 rings (SSSR count). The van der Waals surface area contributed by atoms with Gasteiger partial charge in [0.2, 0.25) is 5.91 Å². The molecule has 1 fully saturated rings. The molecule has 3 aromatic rings. The van der Waals surface area contributed by atoms with Crippen molar-refractivity contribution in [1.82, 2.24) is 14.7 Å². The van der Waals surface area contributed by atoms with Crippen molar-refractivity contribution in [2.45, 2.75) is 25.4 Å². The largest absolute Gasteiger partial charge is 0.327 e. The molecule has 2 aromatic carbocycles. The quantitative estimate of drug-likeness (QED) is 0.632. The van der Waals surface area contributed by atoms with E-state index in [2.05, 4.69) is 10.4 Å². The molecule has 30 heavy (non-hydrogen) atoms. The molecule has 1 saturated heterocycles. The highest BCUT2D eigenvalue weighted by Crippen LogP contribution is 2.25. The average Bonchev–Trinajstić information content (AvgIpc) is 3.39. The van der Waals surface area contributed by atoms with Crippen LogP contribution in [0.15, 0.2) is 60.9 Å². The number of hydrogen-bond donors (Lipinski definition) is 1. The lowest BCUT2D eigenvalue weighted by Gasteiger charge is -2.24. The van der Waals surface area contributed by atoms with E-state index in [0.29, 0.717) is 40.8 Å². The van der Waals surface area contributed by atoms with Gasteiger partial charge in [0.05, 0.1) is 6.54 Å². The van der Waals surface area contributed by atoms with E-state index in [1.54, 1.807) is 29.3 Å². The fourth-order valence-corrected chi connectivity index (χ4v) is 4.21. The van der Waals surface area contributed by atoms with E-state index in [0.717, 1.165) is 12.0 Å². The highest BCUT2D eigenvalue weighted by Gasteiger charge is 2.34. The Labute approximate surface area is 184 Å². The van der Waals surface area contributed by atoms with Gasteiger partial charge in [-0.25, -0.2) is 0 Å². The van der Waals surface area contributed by atoms with Crippen LogP contribution >= 0.6 is 23.2 Å². The van der Waals surface area contributed by atoms with Crippen molar-refractivity contribution in [3.8, 4) is 0 Å². The summed E-state index contributed by atoms with van der Waals surface area (Å²) in [5, 5.41) is 7.93. The smallest absolute Gasteiger partial charge is 0.254 e. The number of carbonyl (C=O) groups excluding carboxylic acids is 2. The molecular weight excluding hydrogens is 423 g/mol. The summed E-state index contributed by atoms with van der Waals surface area (Å²) in [6, 6.07) is 13.7. The minimum absolute atomic E-state index is 0.204. The Morgan fingerprint density at radius 3 is 2.63 bits per heavy atom. The molecule has 2 heterocycles. The van der Waals surface area contributed by atoms with Crippen LogP contribution in [0.3, 0.4) is 0 Å². The molecule has 1 aliphatic heterocycles. The van der Waals surface area contributed by atoms with E-state index >= 15 is 0 Å². The highest BCUT2D eigenvalue weighted by molar-refractivity contribution is 6.35. The van der Waals surface area contributed by atoms with Crippen molar-refractivity contribution in [1.29, 1.82) is 0 Å². The molecule has 1 N–H and O–H groups in total. The van der Waals surface area contributed by atoms with Crippen molar-refractivity contribution in [3.63, 3.8) is 0 Å². The zero-order valence-electron chi connectivity index (χ0n) is 16.1. The Bertz CT molecular complexity index is 1050. The fraction of sp³-hybridized carbons (Fsp3) is 0.227. The fourth-order valence-electron chi connectivity index (χ4n) is 3.68. The van der Waals surface area contributed by atoms with Crippen molar-refractivity contribution in [2.75, 3.05) is 11.9 Å². The van der Waals surface area contributed by atoms with E-state index in [1.165, 1.54) is 0 Å². The number of benzene rings is 2. The number of carbonyl (C=O) groups is 2. The molecule has 1 aliphatic rings. The number of anilines is 1. The molecule has 0 saturated carbocycles. The first kappa shape index (κ1) is 20.4. The first-order chi connectivity index (χ1) is 14.5. The second-order valence-corrected chi connectivity index (χ2v) is 8.08. The zero-order valence-corrected chi connectivity index (χ0v) is 17.6. The molecule has 154 valence electrons. The van der Waals surface area contributed by atoms with Gasteiger partial charge in [0.15, 0.2) is 0 Å².